The Morgan fingerprint density at radius 1 is 1.00 bits per heavy atom. The van der Waals surface area contributed by atoms with Gasteiger partial charge in [-0.05, 0) is 40.8 Å². The van der Waals surface area contributed by atoms with E-state index in [0.29, 0.717) is 0 Å². The van der Waals surface area contributed by atoms with Crippen molar-refractivity contribution in [1.29, 1.82) is 0 Å². The molecule has 0 atom stereocenters. The summed E-state index contributed by atoms with van der Waals surface area (Å²) in [6.45, 7) is 0. The zero-order chi connectivity index (χ0) is 10.1. The minimum atomic E-state index is 1.24. The molecular weight excluding hydrogens is 200 g/mol. The Balaban J connectivity index is 2.31. The summed E-state index contributed by atoms with van der Waals surface area (Å²) in [6, 6.07) is 19.9. The molecule has 0 N–H and O–H groups in total. The van der Waals surface area contributed by atoms with Gasteiger partial charge in [0.25, 0.3) is 0 Å². The number of hydrogen-bond acceptors (Lipinski definition) is 1. The minimum absolute atomic E-state index is 1.24. The van der Waals surface area contributed by atoms with Crippen molar-refractivity contribution in [2.24, 2.45) is 0 Å². The van der Waals surface area contributed by atoms with Gasteiger partial charge in [0.2, 0.25) is 0 Å². The van der Waals surface area contributed by atoms with Crippen molar-refractivity contribution in [3.05, 3.63) is 60.0 Å². The first-order valence-corrected chi connectivity index (χ1v) is 5.76. The molecule has 3 aromatic rings. The van der Waals surface area contributed by atoms with Crippen LogP contribution in [-0.4, -0.2) is 0 Å². The molecule has 2 aromatic carbocycles. The van der Waals surface area contributed by atoms with Gasteiger partial charge < -0.3 is 0 Å². The lowest BCUT2D eigenvalue weighted by molar-refractivity contribution is 1.65. The van der Waals surface area contributed by atoms with E-state index in [-0.39, 0.29) is 0 Å². The summed E-state index contributed by atoms with van der Waals surface area (Å²) in [6.07, 6.45) is 0. The smallest absolute Gasteiger partial charge is 0.0348 e. The maximum atomic E-state index is 3.12. The Bertz CT molecular complexity index is 578. The Morgan fingerprint density at radius 3 is 2.87 bits per heavy atom. The van der Waals surface area contributed by atoms with Gasteiger partial charge >= 0.3 is 0 Å². The van der Waals surface area contributed by atoms with Gasteiger partial charge in [-0.25, -0.2) is 0 Å². The highest BCUT2D eigenvalue weighted by atomic mass is 32.1. The van der Waals surface area contributed by atoms with Gasteiger partial charge in [-0.3, -0.25) is 0 Å². The summed E-state index contributed by atoms with van der Waals surface area (Å²) in [7, 11) is 0. The third kappa shape index (κ3) is 1.45. The molecule has 0 bridgehead atoms. The van der Waals surface area contributed by atoms with Crippen LogP contribution >= 0.6 is 11.3 Å². The molecule has 3 rings (SSSR count). The number of rotatable bonds is 1. The third-order valence-corrected chi connectivity index (χ3v) is 3.40. The molecule has 0 aliphatic heterocycles. The number of benzene rings is 2. The third-order valence-electron chi connectivity index (χ3n) is 2.51. The molecule has 0 unspecified atom stereocenters. The van der Waals surface area contributed by atoms with Gasteiger partial charge in [-0.1, -0.05) is 30.3 Å². The largest absolute Gasteiger partial charge is 0.144 e. The standard InChI is InChI=1S/C14H9S/c1-2-5-11(6-3-1)12-7-4-8-14-13(12)9-10-15-14/h1-2,4-10H. The van der Waals surface area contributed by atoms with Gasteiger partial charge in [0, 0.05) is 10.1 Å². The van der Waals surface area contributed by atoms with E-state index in [0.717, 1.165) is 0 Å². The van der Waals surface area contributed by atoms with Crippen molar-refractivity contribution in [3.8, 4) is 11.1 Å². The second-order valence-electron chi connectivity index (χ2n) is 3.43. The van der Waals surface area contributed by atoms with Gasteiger partial charge in [0.05, 0.1) is 0 Å². The van der Waals surface area contributed by atoms with E-state index in [4.69, 9.17) is 0 Å². The van der Waals surface area contributed by atoms with Crippen LogP contribution in [0.2, 0.25) is 0 Å². The average Bonchev–Trinajstić information content (AvgIpc) is 2.78. The van der Waals surface area contributed by atoms with Crippen LogP contribution in [0, 0.1) is 6.07 Å². The maximum Gasteiger partial charge on any atom is 0.0348 e. The Labute approximate surface area is 92.8 Å². The Hall–Kier alpha value is -1.60. The molecular formula is C14H9S. The number of fused-ring (bicyclic) bond motifs is 1. The number of thiophene rings is 1. The van der Waals surface area contributed by atoms with Crippen molar-refractivity contribution in [2.75, 3.05) is 0 Å². The van der Waals surface area contributed by atoms with Crippen LogP contribution in [-0.2, 0) is 0 Å². The Morgan fingerprint density at radius 2 is 2.00 bits per heavy atom. The quantitative estimate of drug-likeness (QED) is 0.558. The normalized spacial score (nSPS) is 10.7. The van der Waals surface area contributed by atoms with E-state index in [1.807, 2.05) is 18.2 Å². The predicted octanol–water partition coefficient (Wildman–Crippen LogP) is 4.37. The van der Waals surface area contributed by atoms with E-state index in [1.54, 1.807) is 11.3 Å². The summed E-state index contributed by atoms with van der Waals surface area (Å²) in [5, 5.41) is 3.47. The molecule has 0 amide bonds. The second kappa shape index (κ2) is 3.52. The van der Waals surface area contributed by atoms with Crippen molar-refractivity contribution < 1.29 is 0 Å². The molecule has 0 saturated heterocycles. The maximum absolute atomic E-state index is 3.12. The SMILES string of the molecule is [c]1cccc(-c2cccc3sccc23)c1. The first kappa shape index (κ1) is 8.69. The fraction of sp³-hybridized carbons (Fsp3) is 0. The first-order chi connectivity index (χ1) is 7.45. The van der Waals surface area contributed by atoms with Crippen LogP contribution in [0.1, 0.15) is 0 Å². The molecule has 15 heavy (non-hydrogen) atoms. The molecule has 1 heterocycles. The predicted molar refractivity (Wildman–Crippen MR) is 66.1 cm³/mol. The monoisotopic (exact) mass is 209 g/mol. The van der Waals surface area contributed by atoms with Crippen molar-refractivity contribution in [1.82, 2.24) is 0 Å². The zero-order valence-electron chi connectivity index (χ0n) is 8.10. The van der Waals surface area contributed by atoms with Gasteiger partial charge in [0.1, 0.15) is 0 Å². The van der Waals surface area contributed by atoms with E-state index >= 15 is 0 Å². The molecule has 1 aromatic heterocycles. The lowest BCUT2D eigenvalue weighted by atomic mass is 10.0. The summed E-state index contributed by atoms with van der Waals surface area (Å²) in [4.78, 5) is 0. The molecule has 0 aliphatic rings. The molecule has 0 spiro atoms. The van der Waals surface area contributed by atoms with Crippen LogP contribution in [0.25, 0.3) is 21.2 Å². The highest BCUT2D eigenvalue weighted by Gasteiger charge is 2.02. The van der Waals surface area contributed by atoms with Crippen LogP contribution in [0.5, 0.6) is 0 Å². The summed E-state index contributed by atoms with van der Waals surface area (Å²) in [5.41, 5.74) is 2.53. The van der Waals surface area contributed by atoms with Gasteiger partial charge in [0.15, 0.2) is 0 Å². The topological polar surface area (TPSA) is 0 Å². The Kier molecular flexibility index (Phi) is 2.04. The molecule has 0 aliphatic carbocycles. The van der Waals surface area contributed by atoms with E-state index in [9.17, 15) is 0 Å². The lowest BCUT2D eigenvalue weighted by Gasteiger charge is -2.02. The molecule has 1 heteroatoms. The van der Waals surface area contributed by atoms with Crippen LogP contribution in [0.3, 0.4) is 0 Å². The zero-order valence-corrected chi connectivity index (χ0v) is 8.92. The first-order valence-electron chi connectivity index (χ1n) is 4.88. The highest BCUT2D eigenvalue weighted by molar-refractivity contribution is 7.17. The fourth-order valence-electron chi connectivity index (χ4n) is 1.81. The van der Waals surface area contributed by atoms with E-state index in [1.165, 1.54) is 21.2 Å². The van der Waals surface area contributed by atoms with Crippen LogP contribution < -0.4 is 0 Å². The molecule has 1 radical (unpaired) electrons. The molecule has 0 nitrogen and oxygen atoms in total. The van der Waals surface area contributed by atoms with E-state index < -0.39 is 0 Å². The average molecular weight is 209 g/mol. The van der Waals surface area contributed by atoms with Crippen LogP contribution in [0.4, 0.5) is 0 Å². The molecule has 0 saturated carbocycles. The minimum Gasteiger partial charge on any atom is -0.144 e. The van der Waals surface area contributed by atoms with Crippen LogP contribution in [0.15, 0.2) is 53.9 Å². The van der Waals surface area contributed by atoms with Gasteiger partial charge in [-0.15, -0.1) is 11.3 Å². The summed E-state index contributed by atoms with van der Waals surface area (Å²) in [5.74, 6) is 0. The van der Waals surface area contributed by atoms with Crippen molar-refractivity contribution >= 4 is 21.4 Å². The highest BCUT2D eigenvalue weighted by Crippen LogP contribution is 2.31. The van der Waals surface area contributed by atoms with E-state index in [2.05, 4.69) is 41.8 Å². The van der Waals surface area contributed by atoms with Crippen molar-refractivity contribution in [3.63, 3.8) is 0 Å². The molecule has 0 fully saturated rings. The van der Waals surface area contributed by atoms with Gasteiger partial charge in [-0.2, -0.15) is 0 Å². The summed E-state index contributed by atoms with van der Waals surface area (Å²) < 4.78 is 1.34. The summed E-state index contributed by atoms with van der Waals surface area (Å²) >= 11 is 1.79. The lowest BCUT2D eigenvalue weighted by Crippen LogP contribution is -1.76. The fourth-order valence-corrected chi connectivity index (χ4v) is 2.62. The second-order valence-corrected chi connectivity index (χ2v) is 4.38. The van der Waals surface area contributed by atoms with Crippen molar-refractivity contribution in [2.45, 2.75) is 0 Å². The number of hydrogen-bond donors (Lipinski definition) is 0. The molecule has 71 valence electrons.